The van der Waals surface area contributed by atoms with E-state index in [1.807, 2.05) is 17.0 Å². The van der Waals surface area contributed by atoms with Crippen molar-refractivity contribution in [2.75, 3.05) is 26.8 Å². The number of benzene rings is 1. The number of aromatic nitrogens is 3. The number of carbonyl (C=O) groups is 1. The molecule has 1 fully saturated rings. The number of amides is 1. The summed E-state index contributed by atoms with van der Waals surface area (Å²) in [6, 6.07) is 10.2. The van der Waals surface area contributed by atoms with Gasteiger partial charge in [0.05, 0.1) is 19.1 Å². The van der Waals surface area contributed by atoms with Gasteiger partial charge in [-0.15, -0.1) is 0 Å². The van der Waals surface area contributed by atoms with Crippen LogP contribution < -0.4 is 0 Å². The molecule has 0 bridgehead atoms. The minimum absolute atomic E-state index is 0.0800. The summed E-state index contributed by atoms with van der Waals surface area (Å²) in [6.45, 7) is 1.73. The fraction of sp³-hybridized carbons (Fsp3) is 0.350. The molecule has 27 heavy (non-hydrogen) atoms. The van der Waals surface area contributed by atoms with E-state index in [1.54, 1.807) is 25.4 Å². The fourth-order valence-corrected chi connectivity index (χ4v) is 3.60. The number of imidazole rings is 1. The van der Waals surface area contributed by atoms with E-state index >= 15 is 0 Å². The smallest absolute Gasteiger partial charge is 0.224 e. The van der Waals surface area contributed by atoms with Gasteiger partial charge in [0.25, 0.3) is 0 Å². The maximum atomic E-state index is 13.4. The summed E-state index contributed by atoms with van der Waals surface area (Å²) in [5, 5.41) is 0. The summed E-state index contributed by atoms with van der Waals surface area (Å²) in [5.74, 6) is 0.565. The third kappa shape index (κ3) is 3.42. The standard InChI is InChI=1S/C20H21FN4O2/c1-27-12-9-18(26)24-11-8-16(13-24)25-19(14-4-6-15(21)7-5-14)23-17-3-2-10-22-20(17)25/h2-7,10,16H,8-9,11-13H2,1H3/t16-/m1/s1. The van der Waals surface area contributed by atoms with Crippen molar-refractivity contribution in [2.45, 2.75) is 18.9 Å². The third-order valence-electron chi connectivity index (χ3n) is 4.95. The van der Waals surface area contributed by atoms with Crippen molar-refractivity contribution < 1.29 is 13.9 Å². The molecule has 1 aromatic carbocycles. The maximum Gasteiger partial charge on any atom is 0.224 e. The summed E-state index contributed by atoms with van der Waals surface area (Å²) in [7, 11) is 1.60. The van der Waals surface area contributed by atoms with Gasteiger partial charge in [-0.1, -0.05) is 0 Å². The molecule has 7 heteroatoms. The highest BCUT2D eigenvalue weighted by molar-refractivity contribution is 5.78. The van der Waals surface area contributed by atoms with Crippen LogP contribution in [0.2, 0.25) is 0 Å². The number of methoxy groups -OCH3 is 1. The number of rotatable bonds is 5. The van der Waals surface area contributed by atoms with E-state index in [-0.39, 0.29) is 17.8 Å². The molecule has 0 N–H and O–H groups in total. The van der Waals surface area contributed by atoms with Crippen molar-refractivity contribution in [1.82, 2.24) is 19.4 Å². The second-order valence-electron chi connectivity index (χ2n) is 6.68. The van der Waals surface area contributed by atoms with E-state index in [0.717, 1.165) is 29.0 Å². The van der Waals surface area contributed by atoms with Gasteiger partial charge < -0.3 is 14.2 Å². The number of nitrogens with zero attached hydrogens (tertiary/aromatic N) is 4. The molecule has 3 aromatic rings. The Morgan fingerprint density at radius 3 is 2.89 bits per heavy atom. The number of halogens is 1. The zero-order chi connectivity index (χ0) is 18.8. The molecule has 4 rings (SSSR count). The zero-order valence-corrected chi connectivity index (χ0v) is 15.1. The Morgan fingerprint density at radius 1 is 1.30 bits per heavy atom. The molecule has 0 spiro atoms. The van der Waals surface area contributed by atoms with Crippen molar-refractivity contribution in [3.8, 4) is 11.4 Å². The number of ether oxygens (including phenoxy) is 1. The first kappa shape index (κ1) is 17.6. The summed E-state index contributed by atoms with van der Waals surface area (Å²) in [4.78, 5) is 23.5. The van der Waals surface area contributed by atoms with E-state index in [4.69, 9.17) is 9.72 Å². The molecule has 0 aliphatic carbocycles. The van der Waals surface area contributed by atoms with Crippen LogP contribution in [0.3, 0.4) is 0 Å². The average molecular weight is 368 g/mol. The molecule has 0 unspecified atom stereocenters. The van der Waals surface area contributed by atoms with Crippen LogP contribution in [-0.4, -0.2) is 52.1 Å². The molecule has 1 amide bonds. The highest BCUT2D eigenvalue weighted by atomic mass is 19.1. The monoisotopic (exact) mass is 368 g/mol. The van der Waals surface area contributed by atoms with E-state index in [2.05, 4.69) is 9.55 Å². The number of hydrogen-bond acceptors (Lipinski definition) is 4. The average Bonchev–Trinajstić information content (AvgIpc) is 3.31. The van der Waals surface area contributed by atoms with Gasteiger partial charge in [-0.05, 0) is 42.8 Å². The summed E-state index contributed by atoms with van der Waals surface area (Å²) < 4.78 is 20.5. The van der Waals surface area contributed by atoms with Gasteiger partial charge in [-0.25, -0.2) is 14.4 Å². The third-order valence-corrected chi connectivity index (χ3v) is 4.95. The first-order valence-corrected chi connectivity index (χ1v) is 9.03. The molecular weight excluding hydrogens is 347 g/mol. The zero-order valence-electron chi connectivity index (χ0n) is 15.1. The van der Waals surface area contributed by atoms with Gasteiger partial charge in [0.1, 0.15) is 17.2 Å². The Hall–Kier alpha value is -2.80. The van der Waals surface area contributed by atoms with Crippen LogP contribution in [-0.2, 0) is 9.53 Å². The minimum Gasteiger partial charge on any atom is -0.384 e. The van der Waals surface area contributed by atoms with Crippen LogP contribution in [0.4, 0.5) is 4.39 Å². The van der Waals surface area contributed by atoms with E-state index in [9.17, 15) is 9.18 Å². The van der Waals surface area contributed by atoms with Crippen molar-refractivity contribution in [1.29, 1.82) is 0 Å². The van der Waals surface area contributed by atoms with Gasteiger partial charge in [-0.2, -0.15) is 0 Å². The Morgan fingerprint density at radius 2 is 2.11 bits per heavy atom. The van der Waals surface area contributed by atoms with Crippen LogP contribution in [0.15, 0.2) is 42.6 Å². The van der Waals surface area contributed by atoms with Crippen molar-refractivity contribution in [3.63, 3.8) is 0 Å². The lowest BCUT2D eigenvalue weighted by molar-refractivity contribution is -0.131. The maximum absolute atomic E-state index is 13.4. The molecule has 6 nitrogen and oxygen atoms in total. The molecule has 2 aromatic heterocycles. The molecular formula is C20H21FN4O2. The van der Waals surface area contributed by atoms with Gasteiger partial charge in [0, 0.05) is 32.0 Å². The van der Waals surface area contributed by atoms with Gasteiger partial charge in [0.15, 0.2) is 5.65 Å². The second kappa shape index (κ2) is 7.44. The number of carbonyl (C=O) groups excluding carboxylic acids is 1. The van der Waals surface area contributed by atoms with Crippen LogP contribution in [0, 0.1) is 5.82 Å². The molecule has 1 saturated heterocycles. The van der Waals surface area contributed by atoms with Crippen molar-refractivity contribution >= 4 is 17.1 Å². The fourth-order valence-electron chi connectivity index (χ4n) is 3.60. The Balaban J connectivity index is 1.70. The van der Waals surface area contributed by atoms with E-state index in [0.29, 0.717) is 26.1 Å². The number of likely N-dealkylation sites (tertiary alicyclic amines) is 1. The summed E-state index contributed by atoms with van der Waals surface area (Å²) in [6.07, 6.45) is 2.96. The van der Waals surface area contributed by atoms with Gasteiger partial charge in [-0.3, -0.25) is 4.79 Å². The van der Waals surface area contributed by atoms with Crippen molar-refractivity contribution in [2.24, 2.45) is 0 Å². The summed E-state index contributed by atoms with van der Waals surface area (Å²) in [5.41, 5.74) is 2.41. The van der Waals surface area contributed by atoms with Gasteiger partial charge >= 0.3 is 0 Å². The SMILES string of the molecule is COCCC(=O)N1CC[C@@H](n2c(-c3ccc(F)cc3)nc3cccnc32)C1. The predicted octanol–water partition coefficient (Wildman–Crippen LogP) is 3.05. The van der Waals surface area contributed by atoms with E-state index in [1.165, 1.54) is 12.1 Å². The molecule has 140 valence electrons. The highest BCUT2D eigenvalue weighted by Crippen LogP contribution is 2.32. The normalized spacial score (nSPS) is 17.0. The minimum atomic E-state index is -0.282. The van der Waals surface area contributed by atoms with Crippen LogP contribution in [0.1, 0.15) is 18.9 Å². The largest absolute Gasteiger partial charge is 0.384 e. The first-order valence-electron chi connectivity index (χ1n) is 9.03. The Bertz CT molecular complexity index is 954. The van der Waals surface area contributed by atoms with Crippen LogP contribution >= 0.6 is 0 Å². The van der Waals surface area contributed by atoms with Crippen LogP contribution in [0.25, 0.3) is 22.6 Å². The van der Waals surface area contributed by atoms with E-state index < -0.39 is 0 Å². The quantitative estimate of drug-likeness (QED) is 0.695. The molecule has 3 heterocycles. The number of fused-ring (bicyclic) bond motifs is 1. The summed E-state index contributed by atoms with van der Waals surface area (Å²) >= 11 is 0. The molecule has 1 aliphatic heterocycles. The number of hydrogen-bond donors (Lipinski definition) is 0. The molecule has 0 radical (unpaired) electrons. The van der Waals surface area contributed by atoms with Crippen LogP contribution in [0.5, 0.6) is 0 Å². The topological polar surface area (TPSA) is 60.2 Å². The predicted molar refractivity (Wildman–Crippen MR) is 99.6 cm³/mol. The lowest BCUT2D eigenvalue weighted by Gasteiger charge is -2.19. The second-order valence-corrected chi connectivity index (χ2v) is 6.68. The van der Waals surface area contributed by atoms with Gasteiger partial charge in [0.2, 0.25) is 5.91 Å². The highest BCUT2D eigenvalue weighted by Gasteiger charge is 2.30. The Kier molecular flexibility index (Phi) is 4.85. The lowest BCUT2D eigenvalue weighted by Crippen LogP contribution is -2.29. The lowest BCUT2D eigenvalue weighted by atomic mass is 10.2. The van der Waals surface area contributed by atoms with Crippen molar-refractivity contribution in [3.05, 3.63) is 48.4 Å². The molecule has 0 saturated carbocycles. The molecule has 1 aliphatic rings. The Labute approximate surface area is 156 Å². The number of pyridine rings is 1. The molecule has 1 atom stereocenters. The first-order chi connectivity index (χ1) is 13.2.